The maximum Gasteiger partial charge on any atom is 0.433 e. The summed E-state index contributed by atoms with van der Waals surface area (Å²) in [5.41, 5.74) is 4.19. The summed E-state index contributed by atoms with van der Waals surface area (Å²) in [7, 11) is 0. The lowest BCUT2D eigenvalue weighted by molar-refractivity contribution is -0.141. The van der Waals surface area contributed by atoms with Crippen LogP contribution in [0.25, 0.3) is 0 Å². The van der Waals surface area contributed by atoms with E-state index in [1.807, 2.05) is 0 Å². The van der Waals surface area contributed by atoms with Gasteiger partial charge in [-0.1, -0.05) is 6.07 Å². The lowest BCUT2D eigenvalue weighted by atomic mass is 10.4. The Morgan fingerprint density at radius 1 is 1.11 bits per heavy atom. The molecule has 4 nitrogen and oxygen atoms in total. The Kier molecular flexibility index (Phi) is 3.37. The summed E-state index contributed by atoms with van der Waals surface area (Å²) in [4.78, 5) is 10.9. The first kappa shape index (κ1) is 12.6. The highest BCUT2D eigenvalue weighted by molar-refractivity contribution is 7.99. The molecule has 2 rings (SSSR count). The second-order valence-electron chi connectivity index (χ2n) is 3.22. The highest BCUT2D eigenvalue weighted by atomic mass is 32.2. The molecule has 2 aromatic heterocycles. The normalized spacial score (nSPS) is 11.5. The number of anilines is 1. The Hall–Kier alpha value is -1.83. The molecule has 2 heterocycles. The van der Waals surface area contributed by atoms with E-state index in [1.54, 1.807) is 18.2 Å². The van der Waals surface area contributed by atoms with Gasteiger partial charge in [-0.2, -0.15) is 13.2 Å². The molecule has 0 aliphatic rings. The second kappa shape index (κ2) is 4.81. The Balaban J connectivity index is 2.32. The third-order valence-corrected chi connectivity index (χ3v) is 2.73. The van der Waals surface area contributed by atoms with Crippen LogP contribution in [0.1, 0.15) is 5.69 Å². The molecule has 0 aromatic carbocycles. The zero-order valence-corrected chi connectivity index (χ0v) is 9.66. The summed E-state index contributed by atoms with van der Waals surface area (Å²) in [5.74, 6) is -0.414. The first-order chi connectivity index (χ1) is 8.45. The predicted molar refractivity (Wildman–Crippen MR) is 59.8 cm³/mol. The summed E-state index contributed by atoms with van der Waals surface area (Å²) in [6.45, 7) is 0. The van der Waals surface area contributed by atoms with Crippen molar-refractivity contribution in [2.24, 2.45) is 0 Å². The van der Waals surface area contributed by atoms with Gasteiger partial charge in [0.25, 0.3) is 0 Å². The van der Waals surface area contributed by atoms with E-state index in [1.165, 1.54) is 6.20 Å². The molecule has 0 fully saturated rings. The predicted octanol–water partition coefficient (Wildman–Crippen LogP) is 2.62. The monoisotopic (exact) mass is 272 g/mol. The summed E-state index contributed by atoms with van der Waals surface area (Å²) < 4.78 is 37.5. The minimum absolute atomic E-state index is 0.105. The van der Waals surface area contributed by atoms with Crippen molar-refractivity contribution >= 4 is 17.7 Å². The Labute approximate surface area is 104 Å². The zero-order chi connectivity index (χ0) is 13.2. The van der Waals surface area contributed by atoms with Crippen molar-refractivity contribution in [3.05, 3.63) is 36.2 Å². The molecule has 2 aromatic rings. The van der Waals surface area contributed by atoms with Gasteiger partial charge < -0.3 is 5.73 Å². The number of alkyl halides is 3. The maximum absolute atomic E-state index is 12.5. The van der Waals surface area contributed by atoms with Crippen LogP contribution in [0.5, 0.6) is 0 Å². The smallest absolute Gasteiger partial charge is 0.368 e. The summed E-state index contributed by atoms with van der Waals surface area (Å²) >= 11 is 0.990. The largest absolute Gasteiger partial charge is 0.433 e. The van der Waals surface area contributed by atoms with Gasteiger partial charge in [0, 0.05) is 12.3 Å². The first-order valence-corrected chi connectivity index (χ1v) is 5.57. The van der Waals surface area contributed by atoms with Crippen LogP contribution in [0.2, 0.25) is 0 Å². The van der Waals surface area contributed by atoms with Gasteiger partial charge in [0.05, 0.1) is 0 Å². The van der Waals surface area contributed by atoms with E-state index in [0.717, 1.165) is 17.8 Å². The highest BCUT2D eigenvalue weighted by Gasteiger charge is 2.33. The molecule has 0 saturated carbocycles. The maximum atomic E-state index is 12.5. The number of aromatic nitrogens is 3. The van der Waals surface area contributed by atoms with Crippen molar-refractivity contribution in [2.75, 3.05) is 5.73 Å². The van der Waals surface area contributed by atoms with Crippen molar-refractivity contribution in [2.45, 2.75) is 16.2 Å². The minimum Gasteiger partial charge on any atom is -0.368 e. The molecular formula is C10H7F3N4S. The van der Waals surface area contributed by atoms with E-state index < -0.39 is 17.8 Å². The van der Waals surface area contributed by atoms with Gasteiger partial charge in [-0.05, 0) is 23.9 Å². The van der Waals surface area contributed by atoms with Crippen molar-refractivity contribution in [1.29, 1.82) is 0 Å². The van der Waals surface area contributed by atoms with Crippen LogP contribution in [0.4, 0.5) is 19.1 Å². The fourth-order valence-corrected chi connectivity index (χ4v) is 1.94. The first-order valence-electron chi connectivity index (χ1n) is 4.76. The lowest BCUT2D eigenvalue weighted by Gasteiger charge is -2.07. The SMILES string of the molecule is Nc1nc(Sc2ccccn2)cc(C(F)(F)F)n1. The van der Waals surface area contributed by atoms with Gasteiger partial charge in [-0.25, -0.2) is 15.0 Å². The molecule has 0 aliphatic carbocycles. The van der Waals surface area contributed by atoms with E-state index >= 15 is 0 Å². The molecule has 0 spiro atoms. The Morgan fingerprint density at radius 2 is 1.89 bits per heavy atom. The van der Waals surface area contributed by atoms with Crippen LogP contribution in [-0.2, 0) is 6.18 Å². The van der Waals surface area contributed by atoms with Crippen molar-refractivity contribution in [1.82, 2.24) is 15.0 Å². The van der Waals surface area contributed by atoms with Crippen molar-refractivity contribution < 1.29 is 13.2 Å². The van der Waals surface area contributed by atoms with Gasteiger partial charge in [0.2, 0.25) is 5.95 Å². The lowest BCUT2D eigenvalue weighted by Crippen LogP contribution is -2.11. The summed E-state index contributed by atoms with van der Waals surface area (Å²) in [6.07, 6.45) is -3.01. The van der Waals surface area contributed by atoms with Crippen LogP contribution in [0.15, 0.2) is 40.5 Å². The Morgan fingerprint density at radius 3 is 2.50 bits per heavy atom. The number of nitrogens with two attached hydrogens (primary N) is 1. The molecule has 0 unspecified atom stereocenters. The van der Waals surface area contributed by atoms with Crippen molar-refractivity contribution in [3.63, 3.8) is 0 Å². The molecule has 0 atom stereocenters. The molecule has 0 saturated heterocycles. The number of halogens is 3. The standard InChI is InChI=1S/C10H7F3N4S/c11-10(12,13)6-5-8(17-9(14)16-6)18-7-3-1-2-4-15-7/h1-5H,(H2,14,16,17). The average Bonchev–Trinajstić information content (AvgIpc) is 2.28. The number of nitrogen functional groups attached to an aromatic ring is 1. The second-order valence-corrected chi connectivity index (χ2v) is 4.26. The molecule has 18 heavy (non-hydrogen) atoms. The van der Waals surface area contributed by atoms with Crippen LogP contribution in [0.3, 0.4) is 0 Å². The topological polar surface area (TPSA) is 64.7 Å². The molecule has 0 radical (unpaired) electrons. The number of hydrogen-bond donors (Lipinski definition) is 1. The molecule has 0 amide bonds. The molecular weight excluding hydrogens is 265 g/mol. The van der Waals surface area contributed by atoms with E-state index in [9.17, 15) is 13.2 Å². The molecule has 8 heteroatoms. The summed E-state index contributed by atoms with van der Waals surface area (Å²) in [6, 6.07) is 5.94. The van der Waals surface area contributed by atoms with Gasteiger partial charge in [-0.3, -0.25) is 0 Å². The van der Waals surface area contributed by atoms with Crippen LogP contribution < -0.4 is 5.73 Å². The summed E-state index contributed by atoms with van der Waals surface area (Å²) in [5, 5.41) is 0.636. The number of rotatable bonds is 2. The molecule has 0 aliphatic heterocycles. The number of hydrogen-bond acceptors (Lipinski definition) is 5. The van der Waals surface area contributed by atoms with E-state index in [0.29, 0.717) is 5.03 Å². The number of nitrogens with zero attached hydrogens (tertiary/aromatic N) is 3. The van der Waals surface area contributed by atoms with E-state index in [2.05, 4.69) is 15.0 Å². The third-order valence-electron chi connectivity index (χ3n) is 1.86. The van der Waals surface area contributed by atoms with Gasteiger partial charge in [-0.15, -0.1) is 0 Å². The quantitative estimate of drug-likeness (QED) is 0.851. The molecule has 94 valence electrons. The van der Waals surface area contributed by atoms with Gasteiger partial charge in [0.15, 0.2) is 5.69 Å². The van der Waals surface area contributed by atoms with Gasteiger partial charge >= 0.3 is 6.18 Å². The van der Waals surface area contributed by atoms with E-state index in [-0.39, 0.29) is 5.03 Å². The average molecular weight is 272 g/mol. The van der Waals surface area contributed by atoms with E-state index in [4.69, 9.17) is 5.73 Å². The fourth-order valence-electron chi connectivity index (χ4n) is 1.15. The van der Waals surface area contributed by atoms with Crippen LogP contribution in [0, 0.1) is 0 Å². The van der Waals surface area contributed by atoms with Crippen molar-refractivity contribution in [3.8, 4) is 0 Å². The molecule has 0 bridgehead atoms. The van der Waals surface area contributed by atoms with Crippen LogP contribution in [-0.4, -0.2) is 15.0 Å². The zero-order valence-electron chi connectivity index (χ0n) is 8.85. The Bertz CT molecular complexity index is 545. The highest BCUT2D eigenvalue weighted by Crippen LogP contribution is 2.32. The van der Waals surface area contributed by atoms with Gasteiger partial charge in [0.1, 0.15) is 10.1 Å². The fraction of sp³-hybridized carbons (Fsp3) is 0.100. The number of pyridine rings is 1. The minimum atomic E-state index is -4.55. The third kappa shape index (κ3) is 3.10. The van der Waals surface area contributed by atoms with Crippen LogP contribution >= 0.6 is 11.8 Å². The molecule has 2 N–H and O–H groups in total.